The summed E-state index contributed by atoms with van der Waals surface area (Å²) in [5.74, 6) is 2.06. The molecule has 2 aliphatic rings. The fraction of sp³-hybridized carbons (Fsp3) is 1.00. The predicted octanol–water partition coefficient (Wildman–Crippen LogP) is 2.58. The van der Waals surface area contributed by atoms with Crippen LogP contribution in [0, 0.1) is 17.8 Å². The average Bonchev–Trinajstić information content (AvgIpc) is 2.63. The fourth-order valence-electron chi connectivity index (χ4n) is 2.78. The molecule has 0 aromatic rings. The lowest BCUT2D eigenvalue weighted by Crippen LogP contribution is -2.43. The number of hydrogen-bond acceptors (Lipinski definition) is 1. The fourth-order valence-corrected chi connectivity index (χ4v) is 2.78. The van der Waals surface area contributed by atoms with Gasteiger partial charge in [-0.05, 0) is 43.4 Å². The molecule has 0 saturated heterocycles. The summed E-state index contributed by atoms with van der Waals surface area (Å²) in [5.41, 5.74) is -0.280. The highest BCUT2D eigenvalue weighted by Crippen LogP contribution is 2.54. The molecule has 1 N–H and O–H groups in total. The van der Waals surface area contributed by atoms with Gasteiger partial charge in [-0.2, -0.15) is 0 Å². The summed E-state index contributed by atoms with van der Waals surface area (Å²) < 4.78 is 0. The Kier molecular flexibility index (Phi) is 1.95. The molecule has 3 atom stereocenters. The quantitative estimate of drug-likeness (QED) is 0.686. The van der Waals surface area contributed by atoms with E-state index in [2.05, 4.69) is 13.8 Å². The minimum atomic E-state index is -0.280. The van der Waals surface area contributed by atoms with Crippen LogP contribution in [0.15, 0.2) is 0 Å². The van der Waals surface area contributed by atoms with Crippen LogP contribution in [0.25, 0.3) is 0 Å². The lowest BCUT2D eigenvalue weighted by atomic mass is 9.69. The van der Waals surface area contributed by atoms with E-state index in [1.54, 1.807) is 0 Å². The SMILES string of the molecule is CCC(O)(C1CCC1)C1CC1C. The van der Waals surface area contributed by atoms with Crippen LogP contribution < -0.4 is 0 Å². The maximum absolute atomic E-state index is 10.4. The van der Waals surface area contributed by atoms with Gasteiger partial charge in [-0.1, -0.05) is 20.3 Å². The largest absolute Gasteiger partial charge is 0.389 e. The Bertz CT molecular complexity index is 167. The minimum absolute atomic E-state index is 0.280. The Hall–Kier alpha value is -0.0400. The van der Waals surface area contributed by atoms with Gasteiger partial charge < -0.3 is 5.11 Å². The first-order valence-corrected chi connectivity index (χ1v) is 5.41. The van der Waals surface area contributed by atoms with Crippen molar-refractivity contribution in [2.24, 2.45) is 17.8 Å². The first-order chi connectivity index (χ1) is 5.68. The van der Waals surface area contributed by atoms with Crippen LogP contribution in [0.3, 0.4) is 0 Å². The molecule has 1 heteroatoms. The van der Waals surface area contributed by atoms with Crippen LogP contribution in [0.1, 0.15) is 46.0 Å². The Balaban J connectivity index is 2.02. The molecule has 0 aromatic heterocycles. The molecule has 3 unspecified atom stereocenters. The zero-order valence-corrected chi connectivity index (χ0v) is 8.21. The number of rotatable bonds is 3. The maximum Gasteiger partial charge on any atom is 0.0703 e. The van der Waals surface area contributed by atoms with Crippen LogP contribution in [0.4, 0.5) is 0 Å². The van der Waals surface area contributed by atoms with Crippen molar-refractivity contribution in [3.8, 4) is 0 Å². The van der Waals surface area contributed by atoms with Crippen molar-refractivity contribution in [2.75, 3.05) is 0 Å². The topological polar surface area (TPSA) is 20.2 Å². The molecule has 0 aliphatic heterocycles. The van der Waals surface area contributed by atoms with Crippen molar-refractivity contribution in [1.82, 2.24) is 0 Å². The molecule has 2 saturated carbocycles. The van der Waals surface area contributed by atoms with Gasteiger partial charge in [0, 0.05) is 0 Å². The van der Waals surface area contributed by atoms with E-state index in [1.807, 2.05) is 0 Å². The first kappa shape index (κ1) is 8.55. The summed E-state index contributed by atoms with van der Waals surface area (Å²) in [5, 5.41) is 10.4. The van der Waals surface area contributed by atoms with Crippen LogP contribution in [0.2, 0.25) is 0 Å². The average molecular weight is 168 g/mol. The smallest absolute Gasteiger partial charge is 0.0703 e. The third kappa shape index (κ3) is 1.10. The summed E-state index contributed by atoms with van der Waals surface area (Å²) in [4.78, 5) is 0. The van der Waals surface area contributed by atoms with Gasteiger partial charge in [-0.3, -0.25) is 0 Å². The molecule has 1 nitrogen and oxygen atoms in total. The minimum Gasteiger partial charge on any atom is -0.389 e. The van der Waals surface area contributed by atoms with Crippen LogP contribution in [-0.4, -0.2) is 10.7 Å². The molecule has 0 bridgehead atoms. The third-order valence-corrected chi connectivity index (χ3v) is 4.13. The van der Waals surface area contributed by atoms with Crippen molar-refractivity contribution >= 4 is 0 Å². The molecule has 0 aromatic carbocycles. The second-order valence-electron chi connectivity index (χ2n) is 4.79. The summed E-state index contributed by atoms with van der Waals surface area (Å²) in [7, 11) is 0. The molecule has 0 spiro atoms. The van der Waals surface area contributed by atoms with Gasteiger partial charge >= 0.3 is 0 Å². The monoisotopic (exact) mass is 168 g/mol. The number of hydrogen-bond donors (Lipinski definition) is 1. The van der Waals surface area contributed by atoms with Gasteiger partial charge in [-0.15, -0.1) is 0 Å². The molecule has 70 valence electrons. The van der Waals surface area contributed by atoms with Crippen molar-refractivity contribution in [1.29, 1.82) is 0 Å². The standard InChI is InChI=1S/C11H20O/c1-3-11(12,9-5-4-6-9)10-7-8(10)2/h8-10,12H,3-7H2,1-2H3. The Morgan fingerprint density at radius 1 is 1.42 bits per heavy atom. The Morgan fingerprint density at radius 3 is 2.25 bits per heavy atom. The predicted molar refractivity (Wildman–Crippen MR) is 49.9 cm³/mol. The van der Waals surface area contributed by atoms with E-state index in [4.69, 9.17) is 0 Å². The van der Waals surface area contributed by atoms with E-state index in [0.717, 1.165) is 12.3 Å². The van der Waals surface area contributed by atoms with Gasteiger partial charge in [0.05, 0.1) is 5.60 Å². The molecule has 2 fully saturated rings. The summed E-state index contributed by atoms with van der Waals surface area (Å²) >= 11 is 0. The van der Waals surface area contributed by atoms with Crippen LogP contribution in [-0.2, 0) is 0 Å². The summed E-state index contributed by atoms with van der Waals surface area (Å²) in [6.07, 6.45) is 6.11. The van der Waals surface area contributed by atoms with E-state index in [-0.39, 0.29) is 5.60 Å². The summed E-state index contributed by atoms with van der Waals surface area (Å²) in [6.45, 7) is 4.41. The third-order valence-electron chi connectivity index (χ3n) is 4.13. The van der Waals surface area contributed by atoms with Gasteiger partial charge in [-0.25, -0.2) is 0 Å². The highest BCUT2D eigenvalue weighted by molar-refractivity contribution is 5.03. The normalized spacial score (nSPS) is 40.2. The summed E-state index contributed by atoms with van der Waals surface area (Å²) in [6, 6.07) is 0. The highest BCUT2D eigenvalue weighted by atomic mass is 16.3. The molecule has 2 rings (SSSR count). The second kappa shape index (κ2) is 2.73. The lowest BCUT2D eigenvalue weighted by Gasteiger charge is -2.41. The van der Waals surface area contributed by atoms with Crippen molar-refractivity contribution < 1.29 is 5.11 Å². The maximum atomic E-state index is 10.4. The molecule has 12 heavy (non-hydrogen) atoms. The molecule has 0 radical (unpaired) electrons. The zero-order valence-electron chi connectivity index (χ0n) is 8.21. The Labute approximate surface area is 75.2 Å². The molecule has 0 heterocycles. The van der Waals surface area contributed by atoms with Gasteiger partial charge in [0.2, 0.25) is 0 Å². The van der Waals surface area contributed by atoms with E-state index in [0.29, 0.717) is 11.8 Å². The Morgan fingerprint density at radius 2 is 2.00 bits per heavy atom. The molecular formula is C11H20O. The second-order valence-corrected chi connectivity index (χ2v) is 4.79. The van der Waals surface area contributed by atoms with Crippen LogP contribution in [0.5, 0.6) is 0 Å². The van der Waals surface area contributed by atoms with Crippen molar-refractivity contribution in [2.45, 2.75) is 51.6 Å². The van der Waals surface area contributed by atoms with Crippen LogP contribution >= 0.6 is 0 Å². The molecule has 2 aliphatic carbocycles. The van der Waals surface area contributed by atoms with Gasteiger partial charge in [0.1, 0.15) is 0 Å². The van der Waals surface area contributed by atoms with E-state index >= 15 is 0 Å². The molecular weight excluding hydrogens is 148 g/mol. The highest BCUT2D eigenvalue weighted by Gasteiger charge is 2.53. The first-order valence-electron chi connectivity index (χ1n) is 5.41. The molecule has 0 amide bonds. The zero-order chi connectivity index (χ0) is 8.77. The van der Waals surface area contributed by atoms with E-state index in [9.17, 15) is 5.11 Å². The lowest BCUT2D eigenvalue weighted by molar-refractivity contribution is -0.0747. The van der Waals surface area contributed by atoms with Crippen molar-refractivity contribution in [3.63, 3.8) is 0 Å². The van der Waals surface area contributed by atoms with E-state index in [1.165, 1.54) is 25.7 Å². The van der Waals surface area contributed by atoms with Gasteiger partial charge in [0.25, 0.3) is 0 Å². The van der Waals surface area contributed by atoms with E-state index < -0.39 is 0 Å². The number of aliphatic hydroxyl groups is 1. The van der Waals surface area contributed by atoms with Crippen molar-refractivity contribution in [3.05, 3.63) is 0 Å². The van der Waals surface area contributed by atoms with Gasteiger partial charge in [0.15, 0.2) is 0 Å².